The lowest BCUT2D eigenvalue weighted by Crippen LogP contribution is -2.38. The molecule has 4 heterocycles. The van der Waals surface area contributed by atoms with Crippen LogP contribution in [0.4, 0.5) is 0 Å². The first-order valence-electron chi connectivity index (χ1n) is 7.79. The van der Waals surface area contributed by atoms with Crippen LogP contribution in [0.5, 0.6) is 0 Å². The average molecular weight is 310 g/mol. The van der Waals surface area contributed by atoms with Crippen molar-refractivity contribution >= 4 is 11.6 Å². The predicted octanol–water partition coefficient (Wildman–Crippen LogP) is 1.48. The van der Waals surface area contributed by atoms with Crippen molar-refractivity contribution in [2.75, 3.05) is 13.1 Å². The van der Waals surface area contributed by atoms with E-state index in [0.29, 0.717) is 11.5 Å². The minimum absolute atomic E-state index is 0.0655. The van der Waals surface area contributed by atoms with Gasteiger partial charge in [0.1, 0.15) is 0 Å². The van der Waals surface area contributed by atoms with E-state index in [1.807, 2.05) is 30.3 Å². The van der Waals surface area contributed by atoms with Gasteiger partial charge in [0.15, 0.2) is 5.65 Å². The number of piperidine rings is 1. The Hall–Kier alpha value is -2.70. The summed E-state index contributed by atoms with van der Waals surface area (Å²) in [7, 11) is 1.82. The number of likely N-dealkylation sites (tertiary alicyclic amines) is 1. The van der Waals surface area contributed by atoms with Gasteiger partial charge in [-0.15, -0.1) is 0 Å². The van der Waals surface area contributed by atoms with Crippen LogP contribution >= 0.6 is 0 Å². The highest BCUT2D eigenvalue weighted by Gasteiger charge is 2.26. The van der Waals surface area contributed by atoms with E-state index in [2.05, 4.69) is 15.2 Å². The number of hydrogen-bond donors (Lipinski definition) is 0. The van der Waals surface area contributed by atoms with Gasteiger partial charge < -0.3 is 4.90 Å². The van der Waals surface area contributed by atoms with Gasteiger partial charge in [-0.1, -0.05) is 0 Å². The van der Waals surface area contributed by atoms with Crippen molar-refractivity contribution in [2.45, 2.75) is 18.8 Å². The van der Waals surface area contributed by atoms with Gasteiger partial charge in [-0.3, -0.25) is 9.48 Å². The summed E-state index contributed by atoms with van der Waals surface area (Å²) in [6, 6.07) is 3.94. The molecule has 0 bridgehead atoms. The zero-order chi connectivity index (χ0) is 15.8. The summed E-state index contributed by atoms with van der Waals surface area (Å²) in [5, 5.41) is 8.24. The van der Waals surface area contributed by atoms with E-state index in [-0.39, 0.29) is 5.91 Å². The third-order valence-electron chi connectivity index (χ3n) is 4.43. The predicted molar refractivity (Wildman–Crippen MR) is 84.1 cm³/mol. The minimum atomic E-state index is 0.0655. The van der Waals surface area contributed by atoms with Crippen molar-refractivity contribution in [2.24, 2.45) is 7.05 Å². The maximum Gasteiger partial charge on any atom is 0.257 e. The number of amides is 1. The first kappa shape index (κ1) is 13.9. The normalized spacial score (nSPS) is 16.1. The van der Waals surface area contributed by atoms with Gasteiger partial charge in [-0.05, 0) is 18.9 Å². The third-order valence-corrected chi connectivity index (χ3v) is 4.43. The SMILES string of the molecule is Cn1cc(C(=O)N2CCC(c3ccn4nccc4n3)CC2)cn1. The maximum atomic E-state index is 12.4. The van der Waals surface area contributed by atoms with Crippen LogP contribution in [-0.4, -0.2) is 48.3 Å². The summed E-state index contributed by atoms with van der Waals surface area (Å²) < 4.78 is 3.43. The van der Waals surface area contributed by atoms with Gasteiger partial charge in [0, 0.05) is 50.2 Å². The Bertz CT molecular complexity index is 843. The number of rotatable bonds is 2. The largest absolute Gasteiger partial charge is 0.339 e. The summed E-state index contributed by atoms with van der Waals surface area (Å²) in [4.78, 5) is 19.0. The van der Waals surface area contributed by atoms with Crippen molar-refractivity contribution in [1.29, 1.82) is 0 Å². The van der Waals surface area contributed by atoms with Gasteiger partial charge in [-0.25, -0.2) is 9.50 Å². The van der Waals surface area contributed by atoms with Crippen LogP contribution < -0.4 is 0 Å². The van der Waals surface area contributed by atoms with E-state index in [4.69, 9.17) is 0 Å². The Kier molecular flexibility index (Phi) is 3.33. The second-order valence-corrected chi connectivity index (χ2v) is 5.96. The van der Waals surface area contributed by atoms with Crippen LogP contribution in [0.3, 0.4) is 0 Å². The summed E-state index contributed by atoms with van der Waals surface area (Å²) >= 11 is 0. The average Bonchev–Trinajstić information content (AvgIpc) is 3.22. The number of carbonyl (C=O) groups is 1. The molecule has 118 valence electrons. The topological polar surface area (TPSA) is 68.3 Å². The molecular formula is C16H18N6O. The van der Waals surface area contributed by atoms with Crippen LogP contribution in [0.25, 0.3) is 5.65 Å². The standard InChI is InChI=1S/C16H18N6O/c1-20-11-13(10-18-20)16(23)21-7-3-12(4-8-21)14-5-9-22-15(19-14)2-6-17-22/h2,5-6,9-12H,3-4,7-8H2,1H3. The Morgan fingerprint density at radius 2 is 2.04 bits per heavy atom. The molecule has 0 atom stereocenters. The van der Waals surface area contributed by atoms with Crippen molar-refractivity contribution in [3.63, 3.8) is 0 Å². The monoisotopic (exact) mass is 310 g/mol. The Morgan fingerprint density at radius 1 is 1.22 bits per heavy atom. The molecule has 0 unspecified atom stereocenters. The van der Waals surface area contributed by atoms with Crippen molar-refractivity contribution in [3.05, 3.63) is 48.2 Å². The molecule has 7 heteroatoms. The van der Waals surface area contributed by atoms with Crippen LogP contribution in [-0.2, 0) is 7.05 Å². The van der Waals surface area contributed by atoms with Crippen LogP contribution in [0.15, 0.2) is 36.9 Å². The lowest BCUT2D eigenvalue weighted by atomic mass is 9.93. The van der Waals surface area contributed by atoms with Crippen LogP contribution in [0, 0.1) is 0 Å². The minimum Gasteiger partial charge on any atom is -0.339 e. The zero-order valence-electron chi connectivity index (χ0n) is 13.0. The molecule has 7 nitrogen and oxygen atoms in total. The van der Waals surface area contributed by atoms with Crippen molar-refractivity contribution in [3.8, 4) is 0 Å². The van der Waals surface area contributed by atoms with Crippen molar-refractivity contribution in [1.82, 2.24) is 29.3 Å². The Balaban J connectivity index is 1.45. The Morgan fingerprint density at radius 3 is 2.78 bits per heavy atom. The summed E-state index contributed by atoms with van der Waals surface area (Å²) in [6.07, 6.45) is 8.96. The van der Waals surface area contributed by atoms with Crippen molar-refractivity contribution < 1.29 is 4.79 Å². The van der Waals surface area contributed by atoms with E-state index in [9.17, 15) is 4.79 Å². The molecule has 0 radical (unpaired) electrons. The van der Waals surface area contributed by atoms with E-state index in [1.165, 1.54) is 0 Å². The molecule has 1 aliphatic rings. The number of aromatic nitrogens is 5. The molecule has 1 fully saturated rings. The van der Waals surface area contributed by atoms with Gasteiger partial charge in [0.25, 0.3) is 5.91 Å². The molecule has 4 rings (SSSR count). The second-order valence-electron chi connectivity index (χ2n) is 5.96. The fraction of sp³-hybridized carbons (Fsp3) is 0.375. The first-order chi connectivity index (χ1) is 11.2. The molecule has 1 amide bonds. The lowest BCUT2D eigenvalue weighted by molar-refractivity contribution is 0.0712. The van der Waals surface area contributed by atoms with E-state index in [0.717, 1.165) is 37.3 Å². The highest BCUT2D eigenvalue weighted by Crippen LogP contribution is 2.27. The molecule has 23 heavy (non-hydrogen) atoms. The third kappa shape index (κ3) is 2.58. The van der Waals surface area contributed by atoms with E-state index >= 15 is 0 Å². The first-order valence-corrected chi connectivity index (χ1v) is 7.79. The van der Waals surface area contributed by atoms with E-state index < -0.39 is 0 Å². The van der Waals surface area contributed by atoms with Gasteiger partial charge in [0.2, 0.25) is 0 Å². The number of fused-ring (bicyclic) bond motifs is 1. The lowest BCUT2D eigenvalue weighted by Gasteiger charge is -2.31. The molecular weight excluding hydrogens is 292 g/mol. The van der Waals surface area contributed by atoms with E-state index in [1.54, 1.807) is 27.8 Å². The fourth-order valence-electron chi connectivity index (χ4n) is 3.15. The number of nitrogens with zero attached hydrogens (tertiary/aromatic N) is 6. The molecule has 1 aliphatic heterocycles. The van der Waals surface area contributed by atoms with Crippen LogP contribution in [0.2, 0.25) is 0 Å². The van der Waals surface area contributed by atoms with Gasteiger partial charge >= 0.3 is 0 Å². The summed E-state index contributed by atoms with van der Waals surface area (Å²) in [5.74, 6) is 0.462. The number of hydrogen-bond acceptors (Lipinski definition) is 4. The smallest absolute Gasteiger partial charge is 0.257 e. The quantitative estimate of drug-likeness (QED) is 0.719. The van der Waals surface area contributed by atoms with Gasteiger partial charge in [-0.2, -0.15) is 10.2 Å². The Labute approximate surface area is 133 Å². The molecule has 0 saturated carbocycles. The molecule has 3 aromatic rings. The summed E-state index contributed by atoms with van der Waals surface area (Å²) in [6.45, 7) is 1.51. The molecule has 0 aromatic carbocycles. The van der Waals surface area contributed by atoms with Crippen LogP contribution in [0.1, 0.15) is 34.8 Å². The fourth-order valence-corrected chi connectivity index (χ4v) is 3.15. The number of aryl methyl sites for hydroxylation is 1. The second kappa shape index (κ2) is 5.49. The zero-order valence-corrected chi connectivity index (χ0v) is 13.0. The molecule has 0 spiro atoms. The molecule has 0 N–H and O–H groups in total. The molecule has 0 aliphatic carbocycles. The molecule has 3 aromatic heterocycles. The highest BCUT2D eigenvalue weighted by molar-refractivity contribution is 5.93. The summed E-state index contributed by atoms with van der Waals surface area (Å²) in [5.41, 5.74) is 2.62. The molecule has 1 saturated heterocycles. The number of carbonyl (C=O) groups excluding carboxylic acids is 1. The maximum absolute atomic E-state index is 12.4. The van der Waals surface area contributed by atoms with Gasteiger partial charge in [0.05, 0.1) is 18.0 Å². The highest BCUT2D eigenvalue weighted by atomic mass is 16.2.